The zero-order chi connectivity index (χ0) is 17.1. The van der Waals surface area contributed by atoms with Crippen LogP contribution in [0.2, 0.25) is 0 Å². The van der Waals surface area contributed by atoms with E-state index in [-0.39, 0.29) is 6.10 Å². The molecule has 0 aliphatic carbocycles. The van der Waals surface area contributed by atoms with E-state index in [2.05, 4.69) is 39.6 Å². The number of ether oxygens (including phenoxy) is 1. The number of aromatic nitrogens is 3. The number of hydrogen-bond acceptors (Lipinski definition) is 4. The molecule has 0 saturated carbocycles. The van der Waals surface area contributed by atoms with Crippen molar-refractivity contribution in [3.8, 4) is 11.1 Å². The molecule has 126 valence electrons. The second-order valence-corrected chi connectivity index (χ2v) is 6.32. The van der Waals surface area contributed by atoms with Gasteiger partial charge in [0, 0.05) is 6.61 Å². The van der Waals surface area contributed by atoms with Crippen molar-refractivity contribution < 1.29 is 4.74 Å². The summed E-state index contributed by atoms with van der Waals surface area (Å²) in [7, 11) is 0. The van der Waals surface area contributed by atoms with Gasteiger partial charge in [-0.1, -0.05) is 54.6 Å². The summed E-state index contributed by atoms with van der Waals surface area (Å²) in [6.07, 6.45) is 3.74. The molecule has 1 saturated heterocycles. The van der Waals surface area contributed by atoms with Crippen molar-refractivity contribution in [2.45, 2.75) is 18.9 Å². The van der Waals surface area contributed by atoms with Crippen molar-refractivity contribution in [2.75, 3.05) is 6.61 Å². The zero-order valence-electron chi connectivity index (χ0n) is 13.6. The van der Waals surface area contributed by atoms with Crippen molar-refractivity contribution in [3.63, 3.8) is 0 Å². The molecule has 1 aliphatic rings. The molecule has 2 aromatic carbocycles. The highest BCUT2D eigenvalue weighted by atomic mass is 32.1. The molecule has 4 rings (SSSR count). The molecule has 6 heteroatoms. The summed E-state index contributed by atoms with van der Waals surface area (Å²) in [5.74, 6) is 0.736. The Morgan fingerprint density at radius 3 is 2.60 bits per heavy atom. The molecular formula is C19H18N4OS. The molecule has 1 fully saturated rings. The first-order chi connectivity index (χ1) is 12.3. The van der Waals surface area contributed by atoms with Crippen molar-refractivity contribution in [1.82, 2.24) is 14.9 Å². The third kappa shape index (κ3) is 3.45. The molecule has 1 N–H and O–H groups in total. The number of benzene rings is 2. The quantitative estimate of drug-likeness (QED) is 0.562. The van der Waals surface area contributed by atoms with Gasteiger partial charge in [-0.15, -0.1) is 0 Å². The molecule has 1 aromatic heterocycles. The minimum atomic E-state index is -0.0365. The summed E-state index contributed by atoms with van der Waals surface area (Å²) >= 11 is 5.28. The van der Waals surface area contributed by atoms with E-state index in [0.717, 1.165) is 30.8 Å². The standard InChI is InChI=1S/C19H18N4OS/c25-19-22-21-18(17-7-4-12-24-17)23(19)20-13-14-8-10-16(11-9-14)15-5-2-1-3-6-15/h1-3,5-6,8-11,13,17H,4,7,12H2,(H,22,25)/b20-13-/t17-/m1/s1. The minimum Gasteiger partial charge on any atom is -0.370 e. The van der Waals surface area contributed by atoms with Gasteiger partial charge < -0.3 is 4.74 Å². The largest absolute Gasteiger partial charge is 0.370 e. The van der Waals surface area contributed by atoms with Crippen LogP contribution >= 0.6 is 12.2 Å². The highest BCUT2D eigenvalue weighted by Crippen LogP contribution is 2.27. The lowest BCUT2D eigenvalue weighted by molar-refractivity contribution is 0.102. The maximum atomic E-state index is 5.69. The Hall–Kier alpha value is -2.57. The average molecular weight is 350 g/mol. The van der Waals surface area contributed by atoms with Gasteiger partial charge >= 0.3 is 0 Å². The fourth-order valence-corrected chi connectivity index (χ4v) is 3.11. The number of nitrogens with zero attached hydrogens (tertiary/aromatic N) is 3. The highest BCUT2D eigenvalue weighted by molar-refractivity contribution is 7.71. The maximum Gasteiger partial charge on any atom is 0.216 e. The Morgan fingerprint density at radius 1 is 1.12 bits per heavy atom. The maximum absolute atomic E-state index is 5.69. The van der Waals surface area contributed by atoms with E-state index in [1.54, 1.807) is 10.9 Å². The molecule has 0 bridgehead atoms. The lowest BCUT2D eigenvalue weighted by Crippen LogP contribution is -2.05. The van der Waals surface area contributed by atoms with Crippen LogP contribution in [0, 0.1) is 4.77 Å². The van der Waals surface area contributed by atoms with Gasteiger partial charge in [-0.25, -0.2) is 0 Å². The van der Waals surface area contributed by atoms with Crippen LogP contribution in [0.1, 0.15) is 30.3 Å². The zero-order valence-corrected chi connectivity index (χ0v) is 14.4. The molecule has 2 heterocycles. The van der Waals surface area contributed by atoms with Crippen LogP contribution in [-0.2, 0) is 4.74 Å². The monoisotopic (exact) mass is 350 g/mol. The number of aromatic amines is 1. The number of H-pyrrole nitrogens is 1. The predicted octanol–water partition coefficient (Wildman–Crippen LogP) is 4.34. The molecule has 3 aromatic rings. The van der Waals surface area contributed by atoms with E-state index >= 15 is 0 Å². The second-order valence-electron chi connectivity index (χ2n) is 5.93. The van der Waals surface area contributed by atoms with Crippen LogP contribution < -0.4 is 0 Å². The summed E-state index contributed by atoms with van der Waals surface area (Å²) in [6.45, 7) is 0.759. The minimum absolute atomic E-state index is 0.0365. The van der Waals surface area contributed by atoms with Crippen molar-refractivity contribution >= 4 is 18.4 Å². The topological polar surface area (TPSA) is 55.2 Å². The van der Waals surface area contributed by atoms with Crippen LogP contribution in [0.3, 0.4) is 0 Å². The molecule has 5 nitrogen and oxygen atoms in total. The third-order valence-corrected chi connectivity index (χ3v) is 4.50. The van der Waals surface area contributed by atoms with Crippen molar-refractivity contribution in [1.29, 1.82) is 0 Å². The summed E-state index contributed by atoms with van der Waals surface area (Å²) in [6, 6.07) is 18.6. The van der Waals surface area contributed by atoms with E-state index < -0.39 is 0 Å². The predicted molar refractivity (Wildman–Crippen MR) is 100 cm³/mol. The van der Waals surface area contributed by atoms with Gasteiger partial charge in [0.15, 0.2) is 5.82 Å². The Morgan fingerprint density at radius 2 is 1.88 bits per heavy atom. The second kappa shape index (κ2) is 7.13. The van der Waals surface area contributed by atoms with E-state index in [0.29, 0.717) is 4.77 Å². The lowest BCUT2D eigenvalue weighted by Gasteiger charge is -2.07. The molecule has 0 amide bonds. The van der Waals surface area contributed by atoms with Crippen LogP contribution in [-0.4, -0.2) is 27.7 Å². The Balaban J connectivity index is 1.56. The molecule has 25 heavy (non-hydrogen) atoms. The number of hydrogen-bond donors (Lipinski definition) is 1. The van der Waals surface area contributed by atoms with E-state index in [4.69, 9.17) is 17.0 Å². The SMILES string of the molecule is S=c1[nH]nc([C@H]2CCCO2)n1/N=C\c1ccc(-c2ccccc2)cc1. The van der Waals surface area contributed by atoms with Crippen LogP contribution in [0.25, 0.3) is 11.1 Å². The van der Waals surface area contributed by atoms with Gasteiger partial charge in [-0.05, 0) is 41.7 Å². The first-order valence-corrected chi connectivity index (χ1v) is 8.71. The van der Waals surface area contributed by atoms with E-state index in [1.165, 1.54) is 11.1 Å². The van der Waals surface area contributed by atoms with Gasteiger partial charge in [0.05, 0.1) is 6.21 Å². The van der Waals surface area contributed by atoms with E-state index in [1.807, 2.05) is 30.3 Å². The smallest absolute Gasteiger partial charge is 0.216 e. The number of rotatable bonds is 4. The van der Waals surface area contributed by atoms with Gasteiger partial charge in [-0.2, -0.15) is 14.9 Å². The van der Waals surface area contributed by atoms with Gasteiger partial charge in [0.1, 0.15) is 6.10 Å². The lowest BCUT2D eigenvalue weighted by atomic mass is 10.0. The summed E-state index contributed by atoms with van der Waals surface area (Å²) in [5, 5.41) is 11.6. The Labute approximate surface area is 151 Å². The molecular weight excluding hydrogens is 332 g/mol. The molecule has 0 spiro atoms. The van der Waals surface area contributed by atoms with Crippen molar-refractivity contribution in [3.05, 3.63) is 70.8 Å². The highest BCUT2D eigenvalue weighted by Gasteiger charge is 2.23. The van der Waals surface area contributed by atoms with Gasteiger partial charge in [0.2, 0.25) is 4.77 Å². The van der Waals surface area contributed by atoms with Gasteiger partial charge in [-0.3, -0.25) is 5.10 Å². The Kier molecular flexibility index (Phi) is 4.54. The van der Waals surface area contributed by atoms with E-state index in [9.17, 15) is 0 Å². The molecule has 0 unspecified atom stereocenters. The fraction of sp³-hybridized carbons (Fsp3) is 0.211. The molecule has 1 atom stereocenters. The van der Waals surface area contributed by atoms with Gasteiger partial charge in [0.25, 0.3) is 0 Å². The molecule has 0 radical (unpaired) electrons. The normalized spacial score (nSPS) is 17.4. The number of nitrogens with one attached hydrogen (secondary N) is 1. The Bertz CT molecular complexity index is 922. The molecule has 1 aliphatic heterocycles. The van der Waals surface area contributed by atoms with Crippen LogP contribution in [0.5, 0.6) is 0 Å². The third-order valence-electron chi connectivity index (χ3n) is 4.23. The first-order valence-electron chi connectivity index (χ1n) is 8.30. The summed E-state index contributed by atoms with van der Waals surface area (Å²) in [4.78, 5) is 0. The van der Waals surface area contributed by atoms with Crippen molar-refractivity contribution in [2.24, 2.45) is 5.10 Å². The summed E-state index contributed by atoms with van der Waals surface area (Å²) < 4.78 is 7.81. The van der Waals surface area contributed by atoms with Crippen LogP contribution in [0.15, 0.2) is 59.7 Å². The average Bonchev–Trinajstić information content (AvgIpc) is 3.31. The van der Waals surface area contributed by atoms with Crippen LogP contribution in [0.4, 0.5) is 0 Å². The summed E-state index contributed by atoms with van der Waals surface area (Å²) in [5.41, 5.74) is 3.38. The fourth-order valence-electron chi connectivity index (χ4n) is 2.92. The first kappa shape index (κ1) is 15.9.